The fourth-order valence-electron chi connectivity index (χ4n) is 3.80. The van der Waals surface area contributed by atoms with Crippen molar-refractivity contribution in [2.45, 2.75) is 39.3 Å². The highest BCUT2D eigenvalue weighted by molar-refractivity contribution is 5.99. The second kappa shape index (κ2) is 9.14. The summed E-state index contributed by atoms with van der Waals surface area (Å²) < 4.78 is 44.0. The summed E-state index contributed by atoms with van der Waals surface area (Å²) in [6.45, 7) is 5.44. The number of benzene rings is 1. The summed E-state index contributed by atoms with van der Waals surface area (Å²) in [7, 11) is 0. The molecule has 0 saturated carbocycles. The highest BCUT2D eigenvalue weighted by atomic mass is 19.1. The molecule has 2 aromatic heterocycles. The maximum Gasteiger partial charge on any atom is 0.257 e. The summed E-state index contributed by atoms with van der Waals surface area (Å²) in [4.78, 5) is 43.8. The van der Waals surface area contributed by atoms with Crippen LogP contribution < -0.4 is 15.6 Å². The van der Waals surface area contributed by atoms with Crippen molar-refractivity contribution in [3.8, 4) is 5.69 Å². The monoisotopic (exact) mass is 488 g/mol. The van der Waals surface area contributed by atoms with Gasteiger partial charge in [-0.1, -0.05) is 13.8 Å². The van der Waals surface area contributed by atoms with Gasteiger partial charge in [-0.3, -0.25) is 23.9 Å². The molecule has 2 N–H and O–H groups in total. The molecule has 3 aromatic rings. The van der Waals surface area contributed by atoms with Crippen molar-refractivity contribution in [1.82, 2.24) is 14.9 Å². The maximum atomic E-state index is 14.8. The lowest BCUT2D eigenvalue weighted by Crippen LogP contribution is -2.38. The Kier molecular flexibility index (Phi) is 6.37. The molecule has 0 bridgehead atoms. The average molecular weight is 488 g/mol. The van der Waals surface area contributed by atoms with E-state index >= 15 is 0 Å². The molecule has 1 aliphatic heterocycles. The third-order valence-corrected chi connectivity index (χ3v) is 6.04. The van der Waals surface area contributed by atoms with Crippen molar-refractivity contribution in [3.05, 3.63) is 63.7 Å². The largest absolute Gasteiger partial charge is 0.391 e. The van der Waals surface area contributed by atoms with Crippen LogP contribution >= 0.6 is 0 Å². The van der Waals surface area contributed by atoms with Gasteiger partial charge in [-0.25, -0.2) is 18.2 Å². The summed E-state index contributed by atoms with van der Waals surface area (Å²) in [6, 6.07) is 3.26. The van der Waals surface area contributed by atoms with Gasteiger partial charge in [0, 0.05) is 24.4 Å². The Hall–Kier alpha value is -3.73. The zero-order valence-corrected chi connectivity index (χ0v) is 19.2. The minimum Gasteiger partial charge on any atom is -0.391 e. The minimum atomic E-state index is -1.28. The molecule has 3 heterocycles. The fourth-order valence-corrected chi connectivity index (χ4v) is 3.80. The van der Waals surface area contributed by atoms with Crippen LogP contribution in [-0.4, -0.2) is 45.2 Å². The highest BCUT2D eigenvalue weighted by Crippen LogP contribution is 2.26. The van der Waals surface area contributed by atoms with Crippen LogP contribution in [0.25, 0.3) is 16.7 Å². The Morgan fingerprint density at radius 2 is 1.80 bits per heavy atom. The third kappa shape index (κ3) is 4.51. The van der Waals surface area contributed by atoms with Gasteiger partial charge in [-0.2, -0.15) is 0 Å². The van der Waals surface area contributed by atoms with Crippen molar-refractivity contribution >= 4 is 28.7 Å². The first-order chi connectivity index (χ1) is 16.5. The molecule has 1 aromatic carbocycles. The SMILES string of the molecule is CC(C)C(C)NC(=O)c1cn(-c2c(F)cc(F)cc2F)c2nc(N3C[C@@H](O)CC3=O)ccc2c1=O. The Bertz CT molecular complexity index is 1380. The number of aromatic nitrogens is 2. The van der Waals surface area contributed by atoms with E-state index in [1.807, 2.05) is 13.8 Å². The molecule has 8 nitrogen and oxygen atoms in total. The van der Waals surface area contributed by atoms with Crippen LogP contribution in [0, 0.1) is 23.4 Å². The van der Waals surface area contributed by atoms with Gasteiger partial charge < -0.3 is 10.4 Å². The Morgan fingerprint density at radius 3 is 2.37 bits per heavy atom. The van der Waals surface area contributed by atoms with Gasteiger partial charge in [0.15, 0.2) is 17.3 Å². The number of rotatable bonds is 5. The van der Waals surface area contributed by atoms with Crippen molar-refractivity contribution in [1.29, 1.82) is 0 Å². The normalized spacial score (nSPS) is 16.9. The maximum absolute atomic E-state index is 14.8. The lowest BCUT2D eigenvalue weighted by molar-refractivity contribution is -0.117. The smallest absolute Gasteiger partial charge is 0.257 e. The molecule has 0 aliphatic carbocycles. The van der Waals surface area contributed by atoms with Gasteiger partial charge >= 0.3 is 0 Å². The number of β-amino-alcohol motifs (C(OH)–C–C–N with tert-alkyl or cyclic N) is 1. The van der Waals surface area contributed by atoms with Crippen molar-refractivity contribution in [3.63, 3.8) is 0 Å². The number of nitrogens with one attached hydrogen (secondary N) is 1. The van der Waals surface area contributed by atoms with E-state index < -0.39 is 52.0 Å². The summed E-state index contributed by atoms with van der Waals surface area (Å²) >= 11 is 0. The first-order valence-electron chi connectivity index (χ1n) is 11.0. The van der Waals surface area contributed by atoms with Crippen molar-refractivity contribution in [2.24, 2.45) is 5.92 Å². The van der Waals surface area contributed by atoms with Crippen LogP contribution in [0.2, 0.25) is 0 Å². The predicted molar refractivity (Wildman–Crippen MR) is 122 cm³/mol. The van der Waals surface area contributed by atoms with E-state index in [2.05, 4.69) is 10.3 Å². The Labute approximate surface area is 198 Å². The van der Waals surface area contributed by atoms with Crippen LogP contribution in [0.3, 0.4) is 0 Å². The second-order valence-electron chi connectivity index (χ2n) is 8.87. The Balaban J connectivity index is 1.98. The molecular formula is C24H23F3N4O4. The predicted octanol–water partition coefficient (Wildman–Crippen LogP) is 2.67. The average Bonchev–Trinajstić information content (AvgIpc) is 3.11. The van der Waals surface area contributed by atoms with Crippen LogP contribution in [0.5, 0.6) is 0 Å². The third-order valence-electron chi connectivity index (χ3n) is 6.04. The summed E-state index contributed by atoms with van der Waals surface area (Å²) in [6.07, 6.45) is -0.0895. The summed E-state index contributed by atoms with van der Waals surface area (Å²) in [5.41, 5.74) is -2.13. The standard InChI is InChI=1S/C24H23F3N4O4/c1-11(2)12(3)28-24(35)16-10-31(21-17(26)6-13(25)7-18(21)27)23-15(22(16)34)4-5-19(29-23)30-9-14(32)8-20(30)33/h4-7,10-12,14,32H,8-9H2,1-3H3,(H,28,35)/t12?,14-/m0/s1. The molecular weight excluding hydrogens is 465 g/mol. The lowest BCUT2D eigenvalue weighted by atomic mass is 10.1. The van der Waals surface area contributed by atoms with Crippen molar-refractivity contribution in [2.75, 3.05) is 11.4 Å². The number of carbonyl (C=O) groups is 2. The summed E-state index contributed by atoms with van der Waals surface area (Å²) in [5, 5.41) is 12.3. The molecule has 4 rings (SSSR count). The molecule has 2 amide bonds. The molecule has 1 saturated heterocycles. The number of hydrogen-bond acceptors (Lipinski definition) is 5. The quantitative estimate of drug-likeness (QED) is 0.575. The van der Waals surface area contributed by atoms with E-state index in [-0.39, 0.29) is 41.8 Å². The van der Waals surface area contributed by atoms with E-state index in [1.54, 1.807) is 6.92 Å². The van der Waals surface area contributed by atoms with Gasteiger partial charge in [0.05, 0.1) is 24.5 Å². The number of hydrogen-bond donors (Lipinski definition) is 2. The Morgan fingerprint density at radius 1 is 1.14 bits per heavy atom. The van der Waals surface area contributed by atoms with Gasteiger partial charge in [-0.15, -0.1) is 0 Å². The van der Waals surface area contributed by atoms with Crippen molar-refractivity contribution < 1.29 is 27.9 Å². The first kappa shape index (κ1) is 24.4. The second-order valence-corrected chi connectivity index (χ2v) is 8.87. The molecule has 0 radical (unpaired) electrons. The van der Waals surface area contributed by atoms with E-state index in [0.717, 1.165) is 10.8 Å². The lowest BCUT2D eigenvalue weighted by Gasteiger charge is -2.20. The fraction of sp³-hybridized carbons (Fsp3) is 0.333. The number of aliphatic hydroxyl groups is 1. The minimum absolute atomic E-state index is 0.0424. The first-order valence-corrected chi connectivity index (χ1v) is 11.0. The van der Waals surface area contributed by atoms with Crippen LogP contribution in [0.15, 0.2) is 35.3 Å². The molecule has 1 unspecified atom stereocenters. The number of nitrogens with zero attached hydrogens (tertiary/aromatic N) is 3. The summed E-state index contributed by atoms with van der Waals surface area (Å²) in [5.74, 6) is -4.80. The molecule has 1 fully saturated rings. The molecule has 184 valence electrons. The van der Waals surface area contributed by atoms with Gasteiger partial charge in [0.25, 0.3) is 5.91 Å². The number of aliphatic hydroxyl groups excluding tert-OH is 1. The van der Waals surface area contributed by atoms with E-state index in [4.69, 9.17) is 0 Å². The number of anilines is 1. The number of carbonyl (C=O) groups excluding carboxylic acids is 2. The number of amides is 2. The molecule has 2 atom stereocenters. The van der Waals surface area contributed by atoms with Gasteiger partial charge in [-0.05, 0) is 25.0 Å². The van der Waals surface area contributed by atoms with Gasteiger partial charge in [0.1, 0.15) is 22.9 Å². The topological polar surface area (TPSA) is 105 Å². The number of fused-ring (bicyclic) bond motifs is 1. The van der Waals surface area contributed by atoms with Crippen LogP contribution in [0.1, 0.15) is 37.6 Å². The van der Waals surface area contributed by atoms with E-state index in [9.17, 15) is 32.7 Å². The number of pyridine rings is 2. The highest BCUT2D eigenvalue weighted by Gasteiger charge is 2.31. The van der Waals surface area contributed by atoms with E-state index in [0.29, 0.717) is 12.1 Å². The van der Waals surface area contributed by atoms with Crippen LogP contribution in [0.4, 0.5) is 19.0 Å². The number of halogens is 3. The zero-order valence-electron chi connectivity index (χ0n) is 19.2. The molecule has 35 heavy (non-hydrogen) atoms. The zero-order chi connectivity index (χ0) is 25.6. The van der Waals surface area contributed by atoms with E-state index in [1.165, 1.54) is 17.0 Å². The molecule has 11 heteroatoms. The van der Waals surface area contributed by atoms with Crippen LogP contribution in [-0.2, 0) is 4.79 Å². The molecule has 1 aliphatic rings. The molecule has 0 spiro atoms. The van der Waals surface area contributed by atoms with Gasteiger partial charge in [0.2, 0.25) is 11.3 Å².